The van der Waals surface area contributed by atoms with Gasteiger partial charge in [-0.25, -0.2) is 4.79 Å². The molecule has 0 radical (unpaired) electrons. The molecule has 1 aromatic carbocycles. The van der Waals surface area contributed by atoms with Crippen LogP contribution in [0.15, 0.2) is 47.8 Å². The minimum Gasteiger partial charge on any atom is -0.507 e. The van der Waals surface area contributed by atoms with Gasteiger partial charge in [0, 0.05) is 11.0 Å². The number of rotatable bonds is 2. The van der Waals surface area contributed by atoms with Gasteiger partial charge in [0.25, 0.3) is 0 Å². The van der Waals surface area contributed by atoms with Crippen molar-refractivity contribution in [3.8, 4) is 5.75 Å². The predicted octanol–water partition coefficient (Wildman–Crippen LogP) is 3.50. The van der Waals surface area contributed by atoms with Crippen LogP contribution >= 0.6 is 0 Å². The van der Waals surface area contributed by atoms with E-state index in [1.165, 1.54) is 7.11 Å². The lowest BCUT2D eigenvalue weighted by molar-refractivity contribution is -0.139. The van der Waals surface area contributed by atoms with Gasteiger partial charge in [0.1, 0.15) is 17.1 Å². The lowest BCUT2D eigenvalue weighted by Gasteiger charge is -2.46. The van der Waals surface area contributed by atoms with E-state index in [0.717, 1.165) is 11.1 Å². The van der Waals surface area contributed by atoms with E-state index in [1.807, 2.05) is 19.1 Å². The number of fused-ring (bicyclic) bond motifs is 3. The molecule has 0 saturated carbocycles. The minimum absolute atomic E-state index is 0.0105. The highest BCUT2D eigenvalue weighted by atomic mass is 16.5. The topological polar surface area (TPSA) is 72.8 Å². The average Bonchev–Trinajstić information content (AvgIpc) is 2.61. The molecular weight excluding hydrogens is 332 g/mol. The summed E-state index contributed by atoms with van der Waals surface area (Å²) in [5, 5.41) is 10.9. The van der Waals surface area contributed by atoms with Crippen LogP contribution in [0.5, 0.6) is 5.75 Å². The third-order valence-corrected chi connectivity index (χ3v) is 5.43. The molecule has 0 aliphatic heterocycles. The number of ether oxygens (including phenoxy) is 2. The number of hydrogen-bond donors (Lipinski definition) is 1. The number of ketones is 1. The Labute approximate surface area is 152 Å². The molecule has 26 heavy (non-hydrogen) atoms. The molecule has 3 rings (SSSR count). The number of Topliss-reactive ketones (excluding diaryl/α,β-unsaturated/α-hetero) is 1. The maximum absolute atomic E-state index is 13.0. The van der Waals surface area contributed by atoms with Crippen molar-refractivity contribution in [1.82, 2.24) is 0 Å². The first-order valence-electron chi connectivity index (χ1n) is 8.28. The first-order valence-corrected chi connectivity index (χ1v) is 8.28. The Morgan fingerprint density at radius 2 is 1.85 bits per heavy atom. The molecule has 0 heterocycles. The van der Waals surface area contributed by atoms with Gasteiger partial charge in [-0.2, -0.15) is 0 Å². The van der Waals surface area contributed by atoms with E-state index in [2.05, 4.69) is 6.58 Å². The molecule has 0 fully saturated rings. The summed E-state index contributed by atoms with van der Waals surface area (Å²) in [6.07, 6.45) is 1.59. The molecule has 1 N–H and O–H groups in total. The number of esters is 1. The van der Waals surface area contributed by atoms with Crippen LogP contribution in [0, 0.1) is 5.41 Å². The molecule has 0 unspecified atom stereocenters. The largest absolute Gasteiger partial charge is 0.507 e. The maximum Gasteiger partial charge on any atom is 0.341 e. The number of benzene rings is 1. The van der Waals surface area contributed by atoms with E-state index >= 15 is 0 Å². The second-order valence-electron chi connectivity index (χ2n) is 7.32. The van der Waals surface area contributed by atoms with Crippen LogP contribution in [-0.4, -0.2) is 31.1 Å². The highest BCUT2D eigenvalue weighted by Crippen LogP contribution is 2.56. The number of aliphatic hydroxyl groups is 1. The maximum atomic E-state index is 13.0. The molecule has 2 aliphatic rings. The Bertz CT molecular complexity index is 916. The van der Waals surface area contributed by atoms with Crippen molar-refractivity contribution in [3.63, 3.8) is 0 Å². The monoisotopic (exact) mass is 354 g/mol. The van der Waals surface area contributed by atoms with Gasteiger partial charge >= 0.3 is 5.97 Å². The van der Waals surface area contributed by atoms with E-state index < -0.39 is 16.8 Å². The van der Waals surface area contributed by atoms with Crippen molar-refractivity contribution in [2.24, 2.45) is 5.41 Å². The summed E-state index contributed by atoms with van der Waals surface area (Å²) >= 11 is 0. The molecular formula is C21H22O5. The van der Waals surface area contributed by atoms with E-state index in [0.29, 0.717) is 16.9 Å². The van der Waals surface area contributed by atoms with E-state index in [9.17, 15) is 14.7 Å². The quantitative estimate of drug-likeness (QED) is 0.650. The normalized spacial score (nSPS) is 23.8. The molecule has 0 aromatic heterocycles. The first-order chi connectivity index (χ1) is 12.1. The van der Waals surface area contributed by atoms with E-state index in [1.54, 1.807) is 33.1 Å². The molecule has 5 heteroatoms. The molecule has 5 nitrogen and oxygen atoms in total. The first kappa shape index (κ1) is 18.0. The van der Waals surface area contributed by atoms with Crippen molar-refractivity contribution in [1.29, 1.82) is 0 Å². The zero-order valence-electron chi connectivity index (χ0n) is 15.6. The Kier molecular flexibility index (Phi) is 3.87. The fraction of sp³-hybridized carbons (Fsp3) is 0.333. The smallest absolute Gasteiger partial charge is 0.341 e. The van der Waals surface area contributed by atoms with Crippen LogP contribution in [0.2, 0.25) is 0 Å². The van der Waals surface area contributed by atoms with Gasteiger partial charge in [-0.3, -0.25) is 4.79 Å². The molecule has 0 amide bonds. The lowest BCUT2D eigenvalue weighted by Crippen LogP contribution is -2.46. The van der Waals surface area contributed by atoms with Crippen LogP contribution < -0.4 is 4.74 Å². The standard InChI is InChI=1S/C21H22O5/c1-11-13-8-7-12(25-5)9-15(13)21(4)10-14(19(24)26-6)18(23)20(2,3)17(21)16(11)22/h7-10,22H,1H2,2-6H3/t21-/m0/s1. The number of hydrogen-bond acceptors (Lipinski definition) is 5. The van der Waals surface area contributed by atoms with Gasteiger partial charge in [0.15, 0.2) is 5.78 Å². The second-order valence-corrected chi connectivity index (χ2v) is 7.32. The molecule has 0 bridgehead atoms. The van der Waals surface area contributed by atoms with Gasteiger partial charge in [-0.1, -0.05) is 18.7 Å². The molecule has 2 aliphatic carbocycles. The number of methoxy groups -OCH3 is 2. The average molecular weight is 354 g/mol. The Morgan fingerprint density at radius 1 is 1.19 bits per heavy atom. The molecule has 136 valence electrons. The summed E-state index contributed by atoms with van der Waals surface area (Å²) in [4.78, 5) is 25.2. The number of carbonyl (C=O) groups is 2. The van der Waals surface area contributed by atoms with Crippen molar-refractivity contribution >= 4 is 17.3 Å². The van der Waals surface area contributed by atoms with Gasteiger partial charge < -0.3 is 14.6 Å². The van der Waals surface area contributed by atoms with Crippen molar-refractivity contribution in [3.05, 3.63) is 58.9 Å². The van der Waals surface area contributed by atoms with Crippen LogP contribution in [0.25, 0.3) is 5.57 Å². The van der Waals surface area contributed by atoms with Crippen molar-refractivity contribution in [2.45, 2.75) is 26.2 Å². The Hall–Kier alpha value is -2.82. The SMILES string of the molecule is C=C1C(O)=C2C(C)(C)C(=O)C(C(=O)OC)=C[C@@]2(C)c2cc(OC)ccc21. The number of allylic oxidation sites excluding steroid dienone is 3. The lowest BCUT2D eigenvalue weighted by atomic mass is 9.55. The Balaban J connectivity index is 2.43. The van der Waals surface area contributed by atoms with Crippen LogP contribution in [0.1, 0.15) is 31.9 Å². The van der Waals surface area contributed by atoms with Crippen molar-refractivity contribution < 1.29 is 24.2 Å². The van der Waals surface area contributed by atoms with Crippen LogP contribution in [0.4, 0.5) is 0 Å². The molecule has 0 spiro atoms. The summed E-state index contributed by atoms with van der Waals surface area (Å²) in [5.74, 6) is -0.441. The fourth-order valence-electron chi connectivity index (χ4n) is 4.16. The minimum atomic E-state index is -1.10. The summed E-state index contributed by atoms with van der Waals surface area (Å²) in [6.45, 7) is 9.28. The predicted molar refractivity (Wildman–Crippen MR) is 97.9 cm³/mol. The Morgan fingerprint density at radius 3 is 2.42 bits per heavy atom. The van der Waals surface area contributed by atoms with Crippen LogP contribution in [-0.2, 0) is 19.7 Å². The van der Waals surface area contributed by atoms with Crippen LogP contribution in [0.3, 0.4) is 0 Å². The number of aliphatic hydroxyl groups excluding tert-OH is 1. The zero-order valence-corrected chi connectivity index (χ0v) is 15.6. The second kappa shape index (κ2) is 5.59. The fourth-order valence-corrected chi connectivity index (χ4v) is 4.16. The molecule has 0 saturated heterocycles. The van der Waals surface area contributed by atoms with E-state index in [4.69, 9.17) is 9.47 Å². The highest BCUT2D eigenvalue weighted by molar-refractivity contribution is 6.21. The van der Waals surface area contributed by atoms with Gasteiger partial charge in [0.2, 0.25) is 0 Å². The molecule has 1 atom stereocenters. The molecule has 1 aromatic rings. The number of carbonyl (C=O) groups excluding carboxylic acids is 2. The third kappa shape index (κ3) is 2.16. The zero-order chi connectivity index (χ0) is 19.4. The van der Waals surface area contributed by atoms with Gasteiger partial charge in [0.05, 0.1) is 19.6 Å². The van der Waals surface area contributed by atoms with E-state index in [-0.39, 0.29) is 17.1 Å². The van der Waals surface area contributed by atoms with Gasteiger partial charge in [-0.15, -0.1) is 0 Å². The van der Waals surface area contributed by atoms with Gasteiger partial charge in [-0.05, 0) is 49.6 Å². The summed E-state index contributed by atoms with van der Waals surface area (Å²) in [5.41, 5.74) is 0.547. The highest BCUT2D eigenvalue weighted by Gasteiger charge is 2.54. The van der Waals surface area contributed by atoms with Crippen molar-refractivity contribution in [2.75, 3.05) is 14.2 Å². The summed E-state index contributed by atoms with van der Waals surface area (Å²) < 4.78 is 10.2. The summed E-state index contributed by atoms with van der Waals surface area (Å²) in [6, 6.07) is 5.46. The summed E-state index contributed by atoms with van der Waals surface area (Å²) in [7, 11) is 2.81. The third-order valence-electron chi connectivity index (χ3n) is 5.43.